The van der Waals surface area contributed by atoms with Crippen LogP contribution in [0.3, 0.4) is 0 Å². The highest BCUT2D eigenvalue weighted by Crippen LogP contribution is 1.93. The van der Waals surface area contributed by atoms with Crippen molar-refractivity contribution in [2.45, 2.75) is 94.4 Å². The van der Waals surface area contributed by atoms with Gasteiger partial charge in [-0.15, -0.1) is 0 Å². The van der Waals surface area contributed by atoms with E-state index >= 15 is 0 Å². The SMILES string of the molecule is CC.CCC.CCC(C)C.CCCCC. The standard InChI is InChI=1S/2C5H12.C3H8.C2H6/c1-4-5(2)3;1-3-5-4-2;1-3-2;1-2/h5H,4H2,1-3H3;3-5H2,1-2H3;3H2,1-2H3;1-2H3. The van der Waals surface area contributed by atoms with Crippen LogP contribution in [0.4, 0.5) is 0 Å². The van der Waals surface area contributed by atoms with Gasteiger partial charge in [-0.1, -0.05) is 94.4 Å². The van der Waals surface area contributed by atoms with Gasteiger partial charge in [0.2, 0.25) is 0 Å². The van der Waals surface area contributed by atoms with Crippen LogP contribution in [0.1, 0.15) is 94.4 Å². The van der Waals surface area contributed by atoms with Crippen molar-refractivity contribution in [2.75, 3.05) is 0 Å². The van der Waals surface area contributed by atoms with Crippen LogP contribution in [0.15, 0.2) is 0 Å². The summed E-state index contributed by atoms with van der Waals surface area (Å²) in [6.07, 6.45) is 6.63. The van der Waals surface area contributed by atoms with E-state index in [1.807, 2.05) is 13.8 Å². The average Bonchev–Trinajstić information content (AvgIpc) is 2.24. The van der Waals surface area contributed by atoms with E-state index in [0.717, 1.165) is 5.92 Å². The van der Waals surface area contributed by atoms with Crippen molar-refractivity contribution >= 4 is 0 Å². The summed E-state index contributed by atoms with van der Waals surface area (Å²) in [5, 5.41) is 0. The highest BCUT2D eigenvalue weighted by molar-refractivity contribution is 4.32. The summed E-state index contributed by atoms with van der Waals surface area (Å²) < 4.78 is 0. The van der Waals surface area contributed by atoms with E-state index in [4.69, 9.17) is 0 Å². The van der Waals surface area contributed by atoms with Crippen molar-refractivity contribution in [3.8, 4) is 0 Å². The number of unbranched alkanes of at least 4 members (excludes halogenated alkanes) is 2. The van der Waals surface area contributed by atoms with Crippen LogP contribution < -0.4 is 0 Å². The van der Waals surface area contributed by atoms with Crippen LogP contribution in [0.25, 0.3) is 0 Å². The molecule has 0 bridgehead atoms. The third kappa shape index (κ3) is 126. The predicted octanol–water partition coefficient (Wildman–Crippen LogP) is 6.69. The molecular formula is C15H38. The molecule has 0 aliphatic heterocycles. The highest BCUT2D eigenvalue weighted by atomic mass is 13.9. The molecular weight excluding hydrogens is 180 g/mol. The van der Waals surface area contributed by atoms with E-state index in [1.165, 1.54) is 32.1 Å². The van der Waals surface area contributed by atoms with Gasteiger partial charge in [0.25, 0.3) is 0 Å². The fraction of sp³-hybridized carbons (Fsp3) is 1.00. The molecule has 0 heterocycles. The molecule has 0 unspecified atom stereocenters. The van der Waals surface area contributed by atoms with Crippen LogP contribution in [-0.4, -0.2) is 0 Å². The Balaban J connectivity index is -0.0000000574. The van der Waals surface area contributed by atoms with Gasteiger partial charge in [-0.3, -0.25) is 0 Å². The number of rotatable bonds is 3. The quantitative estimate of drug-likeness (QED) is 0.495. The third-order valence-corrected chi connectivity index (χ3v) is 1.52. The molecule has 0 N–H and O–H groups in total. The first-order valence-electron chi connectivity index (χ1n) is 7.10. The summed E-state index contributed by atoms with van der Waals surface area (Å²) in [6, 6.07) is 0. The fourth-order valence-corrected chi connectivity index (χ4v) is 0.354. The second kappa shape index (κ2) is 37.0. The number of hydrogen-bond donors (Lipinski definition) is 0. The van der Waals surface area contributed by atoms with Gasteiger partial charge in [-0.25, -0.2) is 0 Å². The summed E-state index contributed by atoms with van der Waals surface area (Å²) in [7, 11) is 0. The molecule has 0 nitrogen and oxygen atoms in total. The lowest BCUT2D eigenvalue weighted by atomic mass is 10.2. The van der Waals surface area contributed by atoms with Gasteiger partial charge in [-0.2, -0.15) is 0 Å². The van der Waals surface area contributed by atoms with Crippen molar-refractivity contribution < 1.29 is 0 Å². The molecule has 0 aromatic heterocycles. The summed E-state index contributed by atoms with van der Waals surface area (Å²) in [5.74, 6) is 0.884. The van der Waals surface area contributed by atoms with Crippen molar-refractivity contribution in [3.63, 3.8) is 0 Å². The zero-order valence-electron chi connectivity index (χ0n) is 13.1. The molecule has 0 aromatic rings. The Labute approximate surface area is 101 Å². The lowest BCUT2D eigenvalue weighted by Gasteiger charge is -1.90. The van der Waals surface area contributed by atoms with E-state index in [0.29, 0.717) is 0 Å². The maximum Gasteiger partial charge on any atom is -0.0474 e. The third-order valence-electron chi connectivity index (χ3n) is 1.52. The topological polar surface area (TPSA) is 0 Å². The Bertz CT molecular complexity index is 44.0. The Morgan fingerprint density at radius 1 is 0.733 bits per heavy atom. The molecule has 0 heteroatoms. The largest absolute Gasteiger partial charge is 0.0683 e. The van der Waals surface area contributed by atoms with E-state index < -0.39 is 0 Å². The molecule has 0 saturated carbocycles. The fourth-order valence-electron chi connectivity index (χ4n) is 0.354. The van der Waals surface area contributed by atoms with Crippen LogP contribution in [-0.2, 0) is 0 Å². The van der Waals surface area contributed by atoms with Crippen LogP contribution in [0.2, 0.25) is 0 Å². The van der Waals surface area contributed by atoms with Gasteiger partial charge >= 0.3 is 0 Å². The van der Waals surface area contributed by atoms with Crippen LogP contribution >= 0.6 is 0 Å². The zero-order valence-corrected chi connectivity index (χ0v) is 13.1. The molecule has 0 radical (unpaired) electrons. The Morgan fingerprint density at radius 2 is 0.933 bits per heavy atom. The van der Waals surface area contributed by atoms with E-state index in [1.54, 1.807) is 0 Å². The van der Waals surface area contributed by atoms with Gasteiger partial charge in [0.1, 0.15) is 0 Å². The maximum atomic E-state index is 2.22. The predicted molar refractivity (Wildman–Crippen MR) is 77.6 cm³/mol. The van der Waals surface area contributed by atoms with Gasteiger partial charge in [0, 0.05) is 0 Å². The summed E-state index contributed by atoms with van der Waals surface area (Å²) in [4.78, 5) is 0. The molecule has 0 aliphatic rings. The molecule has 0 spiro atoms. The van der Waals surface area contributed by atoms with Gasteiger partial charge in [-0.05, 0) is 5.92 Å². The molecule has 0 aromatic carbocycles. The second-order valence-electron chi connectivity index (χ2n) is 3.86. The minimum atomic E-state index is 0.884. The average molecular weight is 218 g/mol. The Morgan fingerprint density at radius 3 is 0.933 bits per heavy atom. The van der Waals surface area contributed by atoms with Crippen LogP contribution in [0, 0.1) is 5.92 Å². The molecule has 0 saturated heterocycles. The highest BCUT2D eigenvalue weighted by Gasteiger charge is 1.80. The van der Waals surface area contributed by atoms with Crippen molar-refractivity contribution in [1.82, 2.24) is 0 Å². The van der Waals surface area contributed by atoms with Gasteiger partial charge in [0.15, 0.2) is 0 Å². The van der Waals surface area contributed by atoms with Crippen molar-refractivity contribution in [1.29, 1.82) is 0 Å². The Kier molecular flexibility index (Phi) is 59.9. The first kappa shape index (κ1) is 24.3. The van der Waals surface area contributed by atoms with Crippen molar-refractivity contribution in [2.24, 2.45) is 5.92 Å². The second-order valence-corrected chi connectivity index (χ2v) is 3.86. The maximum absolute atomic E-state index is 2.22. The minimum absolute atomic E-state index is 0.884. The lowest BCUT2D eigenvalue weighted by molar-refractivity contribution is 0.626. The molecule has 15 heavy (non-hydrogen) atoms. The van der Waals surface area contributed by atoms with E-state index in [9.17, 15) is 0 Å². The molecule has 0 aliphatic carbocycles. The summed E-state index contributed by atoms with van der Waals surface area (Å²) in [6.45, 7) is 19.3. The Hall–Kier alpha value is 0. The summed E-state index contributed by atoms with van der Waals surface area (Å²) >= 11 is 0. The molecule has 0 atom stereocenters. The molecule has 0 fully saturated rings. The van der Waals surface area contributed by atoms with Crippen molar-refractivity contribution in [3.05, 3.63) is 0 Å². The van der Waals surface area contributed by atoms with Crippen LogP contribution in [0.5, 0.6) is 0 Å². The monoisotopic (exact) mass is 218 g/mol. The smallest absolute Gasteiger partial charge is 0.0474 e. The van der Waals surface area contributed by atoms with E-state index in [2.05, 4.69) is 48.5 Å². The first-order chi connectivity index (χ1) is 7.10. The lowest BCUT2D eigenvalue weighted by Crippen LogP contribution is -1.77. The zero-order chi connectivity index (χ0) is 13.1. The molecule has 0 amide bonds. The van der Waals surface area contributed by atoms with Gasteiger partial charge in [0.05, 0.1) is 0 Å². The van der Waals surface area contributed by atoms with E-state index in [-0.39, 0.29) is 0 Å². The molecule has 0 rings (SSSR count). The summed E-state index contributed by atoms with van der Waals surface area (Å²) in [5.41, 5.74) is 0. The first-order valence-corrected chi connectivity index (χ1v) is 7.10. The minimum Gasteiger partial charge on any atom is -0.0683 e. The number of hydrogen-bond acceptors (Lipinski definition) is 0. The molecule has 98 valence electrons. The normalized spacial score (nSPS) is 7.60. The van der Waals surface area contributed by atoms with Gasteiger partial charge < -0.3 is 0 Å².